The Balaban J connectivity index is 1.49. The third-order valence-corrected chi connectivity index (χ3v) is 5.26. The van der Waals surface area contributed by atoms with Gasteiger partial charge >= 0.3 is 0 Å². The number of hydrogen-bond donors (Lipinski definition) is 1. The molecule has 2 heterocycles. The Kier molecular flexibility index (Phi) is 5.63. The third-order valence-electron chi connectivity index (χ3n) is 4.53. The van der Waals surface area contributed by atoms with Crippen LogP contribution in [-0.2, 0) is 6.42 Å². The highest BCUT2D eigenvalue weighted by Crippen LogP contribution is 2.17. The minimum Gasteiger partial charge on any atom is -0.338 e. The molecule has 3 rings (SSSR count). The van der Waals surface area contributed by atoms with Crippen molar-refractivity contribution in [3.05, 3.63) is 58.0 Å². The van der Waals surface area contributed by atoms with Gasteiger partial charge in [0.25, 0.3) is 5.91 Å². The molecule has 1 amide bonds. The van der Waals surface area contributed by atoms with E-state index in [1.54, 1.807) is 34.4 Å². The zero-order valence-electron chi connectivity index (χ0n) is 13.9. The van der Waals surface area contributed by atoms with E-state index in [0.29, 0.717) is 25.2 Å². The molecule has 2 aromatic rings. The van der Waals surface area contributed by atoms with Crippen molar-refractivity contribution < 1.29 is 9.18 Å². The molecule has 0 aliphatic carbocycles. The van der Waals surface area contributed by atoms with Crippen LogP contribution in [0.3, 0.4) is 0 Å². The van der Waals surface area contributed by atoms with E-state index in [9.17, 15) is 9.18 Å². The molecule has 3 nitrogen and oxygen atoms in total. The topological polar surface area (TPSA) is 32.3 Å². The van der Waals surface area contributed by atoms with Gasteiger partial charge in [-0.2, -0.15) is 11.3 Å². The fraction of sp³-hybridized carbons (Fsp3) is 0.421. The summed E-state index contributed by atoms with van der Waals surface area (Å²) in [5.74, 6) is -0.634. The molecule has 1 fully saturated rings. The van der Waals surface area contributed by atoms with E-state index in [0.717, 1.165) is 19.3 Å². The molecule has 0 bridgehead atoms. The number of carbonyl (C=O) groups excluding carboxylic acids is 1. The molecule has 1 aliphatic rings. The first kappa shape index (κ1) is 17.1. The van der Waals surface area contributed by atoms with Crippen LogP contribution in [0.5, 0.6) is 0 Å². The summed E-state index contributed by atoms with van der Waals surface area (Å²) < 4.78 is 13.8. The first-order valence-corrected chi connectivity index (χ1v) is 9.38. The number of rotatable bonds is 5. The number of piperidine rings is 1. The highest BCUT2D eigenvalue weighted by Gasteiger charge is 2.25. The van der Waals surface area contributed by atoms with Crippen molar-refractivity contribution in [1.29, 1.82) is 0 Å². The highest BCUT2D eigenvalue weighted by atomic mass is 32.1. The molecule has 1 N–H and O–H groups in total. The van der Waals surface area contributed by atoms with Gasteiger partial charge in [-0.15, -0.1) is 0 Å². The molecular weight excluding hydrogens is 323 g/mol. The van der Waals surface area contributed by atoms with Crippen LogP contribution in [0, 0.1) is 5.82 Å². The van der Waals surface area contributed by atoms with Gasteiger partial charge in [-0.05, 0) is 60.7 Å². The first-order valence-electron chi connectivity index (χ1n) is 8.44. The Morgan fingerprint density at radius 2 is 2.08 bits per heavy atom. The molecule has 1 saturated heterocycles. The summed E-state index contributed by atoms with van der Waals surface area (Å²) in [6.45, 7) is 3.56. The maximum atomic E-state index is 13.8. The fourth-order valence-electron chi connectivity index (χ4n) is 3.28. The molecule has 1 aliphatic heterocycles. The van der Waals surface area contributed by atoms with E-state index in [4.69, 9.17) is 0 Å². The Morgan fingerprint density at radius 3 is 2.75 bits per heavy atom. The van der Waals surface area contributed by atoms with Gasteiger partial charge in [-0.25, -0.2) is 4.39 Å². The molecule has 1 atom stereocenters. The fourth-order valence-corrected chi connectivity index (χ4v) is 3.96. The van der Waals surface area contributed by atoms with Crippen LogP contribution in [0.4, 0.5) is 4.39 Å². The molecule has 1 unspecified atom stereocenters. The third kappa shape index (κ3) is 4.22. The van der Waals surface area contributed by atoms with Crippen LogP contribution in [0.1, 0.15) is 35.7 Å². The molecule has 1 aromatic heterocycles. The number of nitrogens with one attached hydrogen (secondary N) is 1. The van der Waals surface area contributed by atoms with Crippen molar-refractivity contribution in [1.82, 2.24) is 10.2 Å². The van der Waals surface area contributed by atoms with Gasteiger partial charge in [-0.3, -0.25) is 4.79 Å². The summed E-state index contributed by atoms with van der Waals surface area (Å²) in [7, 11) is 0. The highest BCUT2D eigenvalue weighted by molar-refractivity contribution is 7.07. The summed E-state index contributed by atoms with van der Waals surface area (Å²) in [6.07, 6.45) is 2.85. The molecule has 0 saturated carbocycles. The predicted octanol–water partition coefficient (Wildman–Crippen LogP) is 3.71. The van der Waals surface area contributed by atoms with Gasteiger partial charge in [0.15, 0.2) is 0 Å². The molecule has 24 heavy (non-hydrogen) atoms. The number of carbonyl (C=O) groups is 1. The van der Waals surface area contributed by atoms with Crippen LogP contribution in [-0.4, -0.2) is 36.0 Å². The summed E-state index contributed by atoms with van der Waals surface area (Å²) in [4.78, 5) is 14.2. The Labute approximate surface area is 146 Å². The van der Waals surface area contributed by atoms with Crippen LogP contribution in [0.15, 0.2) is 41.1 Å². The van der Waals surface area contributed by atoms with E-state index >= 15 is 0 Å². The minimum absolute atomic E-state index is 0.176. The van der Waals surface area contributed by atoms with Gasteiger partial charge in [0.1, 0.15) is 5.82 Å². The van der Waals surface area contributed by atoms with Crippen LogP contribution < -0.4 is 5.32 Å². The normalized spacial score (nSPS) is 17.0. The number of benzene rings is 1. The Hall–Kier alpha value is -1.72. The summed E-state index contributed by atoms with van der Waals surface area (Å²) in [5, 5.41) is 7.95. The standard InChI is InChI=1S/C19H23FN2OS/c1-14(12-15-8-11-24-13-15)21-16-6-9-22(10-7-16)19(23)17-4-2-3-5-18(17)20/h2-5,8,11,13-14,16,21H,6-7,9-10,12H2,1H3. The van der Waals surface area contributed by atoms with E-state index in [-0.39, 0.29) is 11.5 Å². The van der Waals surface area contributed by atoms with Gasteiger partial charge in [0, 0.05) is 25.2 Å². The lowest BCUT2D eigenvalue weighted by Gasteiger charge is -2.34. The van der Waals surface area contributed by atoms with Crippen LogP contribution >= 0.6 is 11.3 Å². The Bertz CT molecular complexity index is 666. The number of thiophene rings is 1. The molecule has 1 aromatic carbocycles. The molecular formula is C19H23FN2OS. The van der Waals surface area contributed by atoms with Crippen molar-refractivity contribution >= 4 is 17.2 Å². The SMILES string of the molecule is CC(Cc1ccsc1)NC1CCN(C(=O)c2ccccc2F)CC1. The van der Waals surface area contributed by atoms with Crippen molar-refractivity contribution in [2.24, 2.45) is 0 Å². The van der Waals surface area contributed by atoms with E-state index in [1.807, 2.05) is 0 Å². The monoisotopic (exact) mass is 346 g/mol. The zero-order valence-corrected chi connectivity index (χ0v) is 14.7. The molecule has 128 valence electrons. The second kappa shape index (κ2) is 7.90. The van der Waals surface area contributed by atoms with E-state index < -0.39 is 5.82 Å². The van der Waals surface area contributed by atoms with Crippen LogP contribution in [0.25, 0.3) is 0 Å². The summed E-state index contributed by atoms with van der Waals surface area (Å²) in [5.41, 5.74) is 1.54. The van der Waals surface area contributed by atoms with Gasteiger partial charge in [0.2, 0.25) is 0 Å². The zero-order chi connectivity index (χ0) is 16.9. The quantitative estimate of drug-likeness (QED) is 0.895. The van der Waals surface area contributed by atoms with Gasteiger partial charge in [0.05, 0.1) is 5.56 Å². The van der Waals surface area contributed by atoms with E-state index in [2.05, 4.69) is 29.1 Å². The summed E-state index contributed by atoms with van der Waals surface area (Å²) >= 11 is 1.73. The lowest BCUT2D eigenvalue weighted by atomic mass is 10.0. The average molecular weight is 346 g/mol. The van der Waals surface area contributed by atoms with Gasteiger partial charge in [-0.1, -0.05) is 12.1 Å². The summed E-state index contributed by atoms with van der Waals surface area (Å²) in [6, 6.07) is 9.21. The number of likely N-dealkylation sites (tertiary alicyclic amines) is 1. The van der Waals surface area contributed by atoms with Crippen molar-refractivity contribution in [3.63, 3.8) is 0 Å². The van der Waals surface area contributed by atoms with Crippen molar-refractivity contribution in [2.45, 2.75) is 38.3 Å². The lowest BCUT2D eigenvalue weighted by molar-refractivity contribution is 0.0698. The number of amides is 1. The lowest BCUT2D eigenvalue weighted by Crippen LogP contribution is -2.47. The molecule has 0 spiro atoms. The molecule has 0 radical (unpaired) electrons. The largest absolute Gasteiger partial charge is 0.338 e. The molecule has 5 heteroatoms. The van der Waals surface area contributed by atoms with Crippen molar-refractivity contribution in [2.75, 3.05) is 13.1 Å². The van der Waals surface area contributed by atoms with E-state index in [1.165, 1.54) is 11.6 Å². The van der Waals surface area contributed by atoms with Crippen LogP contribution in [0.2, 0.25) is 0 Å². The van der Waals surface area contributed by atoms with Crippen molar-refractivity contribution in [3.8, 4) is 0 Å². The average Bonchev–Trinajstić information content (AvgIpc) is 3.08. The minimum atomic E-state index is -0.438. The second-order valence-electron chi connectivity index (χ2n) is 6.45. The maximum Gasteiger partial charge on any atom is 0.256 e. The number of hydrogen-bond acceptors (Lipinski definition) is 3. The van der Waals surface area contributed by atoms with Gasteiger partial charge < -0.3 is 10.2 Å². The smallest absolute Gasteiger partial charge is 0.256 e. The first-order chi connectivity index (χ1) is 11.6. The second-order valence-corrected chi connectivity index (χ2v) is 7.23. The number of halogens is 1. The number of nitrogens with zero attached hydrogens (tertiary/aromatic N) is 1. The Morgan fingerprint density at radius 1 is 1.33 bits per heavy atom. The maximum absolute atomic E-state index is 13.8. The predicted molar refractivity (Wildman–Crippen MR) is 95.9 cm³/mol.